The summed E-state index contributed by atoms with van der Waals surface area (Å²) < 4.78 is 5.33. The van der Waals surface area contributed by atoms with Gasteiger partial charge in [0.2, 0.25) is 11.8 Å². The molecule has 0 heterocycles. The van der Waals surface area contributed by atoms with Crippen molar-refractivity contribution in [2.75, 3.05) is 38.0 Å². The topological polar surface area (TPSA) is 70.7 Å². The first-order valence-electron chi connectivity index (χ1n) is 9.45. The fourth-order valence-corrected chi connectivity index (χ4v) is 3.17. The van der Waals surface area contributed by atoms with Crippen molar-refractivity contribution in [2.45, 2.75) is 19.3 Å². The largest absolute Gasteiger partial charge is 0.496 e. The lowest BCUT2D eigenvalue weighted by Gasteiger charge is -2.17. The molecule has 0 saturated heterocycles. The fourth-order valence-electron chi connectivity index (χ4n) is 3.17. The highest BCUT2D eigenvalue weighted by Crippen LogP contribution is 2.46. The van der Waals surface area contributed by atoms with E-state index in [9.17, 15) is 9.59 Å². The molecule has 2 N–H and O–H groups in total. The number of rotatable bonds is 8. The zero-order chi connectivity index (χ0) is 20.1. The molecule has 0 unspecified atom stereocenters. The third kappa shape index (κ3) is 4.27. The summed E-state index contributed by atoms with van der Waals surface area (Å²) >= 11 is 0. The maximum Gasteiger partial charge on any atom is 0.240 e. The zero-order valence-electron chi connectivity index (χ0n) is 16.6. The molecule has 0 aliphatic heterocycles. The van der Waals surface area contributed by atoms with Crippen molar-refractivity contribution in [3.63, 3.8) is 0 Å². The van der Waals surface area contributed by atoms with Gasteiger partial charge in [-0.1, -0.05) is 18.2 Å². The first kappa shape index (κ1) is 19.7. The van der Waals surface area contributed by atoms with E-state index in [1.54, 1.807) is 7.11 Å². The van der Waals surface area contributed by atoms with Crippen LogP contribution >= 0.6 is 0 Å². The predicted molar refractivity (Wildman–Crippen MR) is 111 cm³/mol. The fraction of sp³-hybridized carbons (Fsp3) is 0.364. The van der Waals surface area contributed by atoms with Gasteiger partial charge in [0, 0.05) is 32.0 Å². The number of methoxy groups -OCH3 is 1. The van der Waals surface area contributed by atoms with Crippen LogP contribution in [-0.2, 0) is 16.0 Å². The molecule has 1 saturated carbocycles. The number of nitrogens with one attached hydrogen (secondary N) is 2. The van der Waals surface area contributed by atoms with E-state index in [1.165, 1.54) is 0 Å². The van der Waals surface area contributed by atoms with Gasteiger partial charge in [-0.15, -0.1) is 0 Å². The number of amides is 2. The molecule has 1 aliphatic carbocycles. The van der Waals surface area contributed by atoms with Crippen molar-refractivity contribution in [1.29, 1.82) is 0 Å². The van der Waals surface area contributed by atoms with Crippen LogP contribution in [-0.4, -0.2) is 39.6 Å². The molecule has 0 radical (unpaired) electrons. The van der Waals surface area contributed by atoms with Crippen LogP contribution in [0.1, 0.15) is 18.4 Å². The highest BCUT2D eigenvalue weighted by molar-refractivity contribution is 6.13. The Morgan fingerprint density at radius 1 is 1.04 bits per heavy atom. The van der Waals surface area contributed by atoms with Crippen LogP contribution < -0.4 is 20.3 Å². The summed E-state index contributed by atoms with van der Waals surface area (Å²) in [5, 5.41) is 5.79. The lowest BCUT2D eigenvalue weighted by atomic mass is 10.0. The minimum absolute atomic E-state index is 0.204. The minimum Gasteiger partial charge on any atom is -0.496 e. The highest BCUT2D eigenvalue weighted by Gasteiger charge is 2.56. The molecular weight excluding hydrogens is 354 g/mol. The van der Waals surface area contributed by atoms with Crippen molar-refractivity contribution in [3.05, 3.63) is 54.1 Å². The molecule has 3 rings (SSSR count). The first-order valence-corrected chi connectivity index (χ1v) is 9.45. The van der Waals surface area contributed by atoms with Gasteiger partial charge < -0.3 is 20.3 Å². The second-order valence-electron chi connectivity index (χ2n) is 7.30. The zero-order valence-corrected chi connectivity index (χ0v) is 16.6. The second-order valence-corrected chi connectivity index (χ2v) is 7.30. The van der Waals surface area contributed by atoms with Crippen LogP contribution in [0.4, 0.5) is 11.4 Å². The van der Waals surface area contributed by atoms with E-state index in [4.69, 9.17) is 4.74 Å². The summed E-state index contributed by atoms with van der Waals surface area (Å²) in [6, 6.07) is 15.3. The van der Waals surface area contributed by atoms with Gasteiger partial charge >= 0.3 is 0 Å². The molecule has 2 amide bonds. The Morgan fingerprint density at radius 3 is 2.32 bits per heavy atom. The minimum atomic E-state index is -0.943. The van der Waals surface area contributed by atoms with Crippen LogP contribution in [0, 0.1) is 5.41 Å². The van der Waals surface area contributed by atoms with E-state index in [0.717, 1.165) is 17.0 Å². The van der Waals surface area contributed by atoms with E-state index in [-0.39, 0.29) is 11.8 Å². The molecule has 6 heteroatoms. The van der Waals surface area contributed by atoms with Gasteiger partial charge in [0.15, 0.2) is 0 Å². The van der Waals surface area contributed by atoms with Crippen molar-refractivity contribution in [1.82, 2.24) is 5.32 Å². The Hall–Kier alpha value is -3.02. The monoisotopic (exact) mass is 381 g/mol. The number of ether oxygens (including phenoxy) is 1. The summed E-state index contributed by atoms with van der Waals surface area (Å²) in [5.74, 6) is 0.363. The third-order valence-electron chi connectivity index (χ3n) is 5.13. The maximum absolute atomic E-state index is 12.7. The van der Waals surface area contributed by atoms with E-state index in [2.05, 4.69) is 10.6 Å². The molecule has 0 bridgehead atoms. The van der Waals surface area contributed by atoms with Crippen LogP contribution in [0.2, 0.25) is 0 Å². The van der Waals surface area contributed by atoms with Gasteiger partial charge in [-0.05, 0) is 55.2 Å². The van der Waals surface area contributed by atoms with Gasteiger partial charge in [-0.25, -0.2) is 0 Å². The number of hydrogen-bond acceptors (Lipinski definition) is 4. The van der Waals surface area contributed by atoms with Crippen molar-refractivity contribution < 1.29 is 14.3 Å². The second kappa shape index (κ2) is 8.33. The first-order chi connectivity index (χ1) is 13.5. The number of benzene rings is 2. The summed E-state index contributed by atoms with van der Waals surface area (Å²) in [6.45, 7) is 0.464. The maximum atomic E-state index is 12.7. The average Bonchev–Trinajstić information content (AvgIpc) is 3.51. The summed E-state index contributed by atoms with van der Waals surface area (Å²) in [7, 11) is 5.55. The molecule has 148 valence electrons. The smallest absolute Gasteiger partial charge is 0.240 e. The predicted octanol–water partition coefficient (Wildman–Crippen LogP) is 2.84. The lowest BCUT2D eigenvalue weighted by molar-refractivity contribution is -0.134. The average molecular weight is 381 g/mol. The third-order valence-corrected chi connectivity index (χ3v) is 5.13. The molecule has 0 spiro atoms. The molecule has 2 aromatic carbocycles. The van der Waals surface area contributed by atoms with Crippen molar-refractivity contribution in [2.24, 2.45) is 5.41 Å². The van der Waals surface area contributed by atoms with Crippen LogP contribution in [0.5, 0.6) is 5.75 Å². The molecule has 0 atom stereocenters. The van der Waals surface area contributed by atoms with Crippen LogP contribution in [0.15, 0.2) is 48.5 Å². The number of carbonyl (C=O) groups excluding carboxylic acids is 2. The standard InChI is InChI=1S/C22H27N3O3/c1-25(2)18-10-8-17(9-11-18)24-21(27)22(13-14-22)20(26)23-15-12-16-6-4-5-7-19(16)28-3/h4-11H,12-15H2,1-3H3,(H,23,26)(H,24,27). The molecule has 0 aromatic heterocycles. The molecule has 28 heavy (non-hydrogen) atoms. The Balaban J connectivity index is 1.55. The Labute approximate surface area is 165 Å². The SMILES string of the molecule is COc1ccccc1CCNC(=O)C1(C(=O)Nc2ccc(N(C)C)cc2)CC1. The molecule has 6 nitrogen and oxygen atoms in total. The summed E-state index contributed by atoms with van der Waals surface area (Å²) in [4.78, 5) is 27.3. The summed E-state index contributed by atoms with van der Waals surface area (Å²) in [6.07, 6.45) is 1.81. The Bertz CT molecular complexity index is 842. The quantitative estimate of drug-likeness (QED) is 0.690. The van der Waals surface area contributed by atoms with Gasteiger partial charge in [0.1, 0.15) is 11.2 Å². The Morgan fingerprint density at radius 2 is 1.71 bits per heavy atom. The van der Waals surface area contributed by atoms with Gasteiger partial charge in [-0.3, -0.25) is 9.59 Å². The van der Waals surface area contributed by atoms with Crippen molar-refractivity contribution in [3.8, 4) is 5.75 Å². The van der Waals surface area contributed by atoms with E-state index >= 15 is 0 Å². The number of hydrogen-bond donors (Lipinski definition) is 2. The van der Waals surface area contributed by atoms with Crippen LogP contribution in [0.25, 0.3) is 0 Å². The van der Waals surface area contributed by atoms with Gasteiger partial charge in [-0.2, -0.15) is 0 Å². The van der Waals surface area contributed by atoms with E-state index in [0.29, 0.717) is 31.5 Å². The number of para-hydroxylation sites is 1. The van der Waals surface area contributed by atoms with Crippen molar-refractivity contribution >= 4 is 23.2 Å². The lowest BCUT2D eigenvalue weighted by Crippen LogP contribution is -2.40. The van der Waals surface area contributed by atoms with Gasteiger partial charge in [0.05, 0.1) is 7.11 Å². The Kier molecular flexibility index (Phi) is 5.87. The molecule has 1 fully saturated rings. The highest BCUT2D eigenvalue weighted by atomic mass is 16.5. The molecular formula is C22H27N3O3. The van der Waals surface area contributed by atoms with E-state index in [1.807, 2.05) is 67.5 Å². The normalized spacial score (nSPS) is 14.1. The van der Waals surface area contributed by atoms with E-state index < -0.39 is 5.41 Å². The molecule has 2 aromatic rings. The number of nitrogens with zero attached hydrogens (tertiary/aromatic N) is 1. The number of carbonyl (C=O) groups is 2. The molecule has 1 aliphatic rings. The van der Waals surface area contributed by atoms with Crippen LogP contribution in [0.3, 0.4) is 0 Å². The summed E-state index contributed by atoms with van der Waals surface area (Å²) in [5.41, 5.74) is 1.83. The number of anilines is 2. The van der Waals surface area contributed by atoms with Gasteiger partial charge in [0.25, 0.3) is 0 Å².